The number of carbonyl (C=O) groups excluding carboxylic acids is 3. The van der Waals surface area contributed by atoms with Crippen molar-refractivity contribution in [2.24, 2.45) is 0 Å². The number of rotatable bonds is 10. The van der Waals surface area contributed by atoms with E-state index in [-0.39, 0.29) is 17.2 Å². The summed E-state index contributed by atoms with van der Waals surface area (Å²) < 4.78 is 16.6. The number of hydrogen-bond donors (Lipinski definition) is 1. The van der Waals surface area contributed by atoms with Crippen LogP contribution >= 0.6 is 11.8 Å². The van der Waals surface area contributed by atoms with Crippen molar-refractivity contribution in [2.75, 3.05) is 50.2 Å². The fourth-order valence-electron chi connectivity index (χ4n) is 4.48. The second-order valence-corrected chi connectivity index (χ2v) is 10.6. The lowest BCUT2D eigenvalue weighted by Crippen LogP contribution is -2.36. The van der Waals surface area contributed by atoms with Crippen LogP contribution in [0.4, 0.5) is 21.9 Å². The zero-order valence-electron chi connectivity index (χ0n) is 23.2. The molecule has 2 aliphatic heterocycles. The lowest BCUT2D eigenvalue weighted by molar-refractivity contribution is -0.384. The van der Waals surface area contributed by atoms with Crippen LogP contribution in [0.25, 0.3) is 6.08 Å². The number of morpholine rings is 1. The molecular weight excluding hydrogens is 576 g/mol. The van der Waals surface area contributed by atoms with Gasteiger partial charge in [-0.3, -0.25) is 29.4 Å². The summed E-state index contributed by atoms with van der Waals surface area (Å²) >= 11 is 0.754. The minimum atomic E-state index is -0.565. The maximum atomic E-state index is 13.0. The molecule has 0 radical (unpaired) electrons. The van der Waals surface area contributed by atoms with E-state index in [1.54, 1.807) is 48.5 Å². The van der Waals surface area contributed by atoms with Crippen LogP contribution in [0.5, 0.6) is 11.5 Å². The number of carbonyl (C=O) groups is 3. The number of thioether (sulfide) groups is 1. The first kappa shape index (κ1) is 29.6. The van der Waals surface area contributed by atoms with Crippen LogP contribution in [0.2, 0.25) is 0 Å². The number of anilines is 2. The van der Waals surface area contributed by atoms with Gasteiger partial charge in [-0.25, -0.2) is 0 Å². The van der Waals surface area contributed by atoms with Gasteiger partial charge in [0, 0.05) is 36.6 Å². The van der Waals surface area contributed by atoms with E-state index in [2.05, 4.69) is 10.2 Å². The molecule has 0 aromatic heterocycles. The largest absolute Gasteiger partial charge is 0.493 e. The molecule has 0 unspecified atom stereocenters. The van der Waals surface area contributed by atoms with Gasteiger partial charge in [0.15, 0.2) is 11.5 Å². The van der Waals surface area contributed by atoms with Crippen molar-refractivity contribution in [3.05, 3.63) is 92.9 Å². The van der Waals surface area contributed by atoms with Crippen molar-refractivity contribution in [3.8, 4) is 11.5 Å². The van der Waals surface area contributed by atoms with Crippen molar-refractivity contribution in [2.45, 2.75) is 6.61 Å². The van der Waals surface area contributed by atoms with E-state index in [1.165, 1.54) is 19.2 Å². The molecule has 3 amide bonds. The fourth-order valence-corrected chi connectivity index (χ4v) is 5.32. The van der Waals surface area contributed by atoms with Gasteiger partial charge in [-0.2, -0.15) is 0 Å². The SMILES string of the molecule is COc1cc(/C=C2/SC(=O)N(CC(=O)Nc3ccc(N4CCOCC4)cc3)C2=O)ccc1OCc1ccc([N+](=O)[O-])cc1. The molecule has 2 aliphatic rings. The lowest BCUT2D eigenvalue weighted by Gasteiger charge is -2.28. The van der Waals surface area contributed by atoms with Crippen LogP contribution in [-0.2, 0) is 20.9 Å². The Morgan fingerprint density at radius 1 is 1.05 bits per heavy atom. The predicted molar refractivity (Wildman–Crippen MR) is 161 cm³/mol. The van der Waals surface area contributed by atoms with Gasteiger partial charge >= 0.3 is 0 Å². The summed E-state index contributed by atoms with van der Waals surface area (Å²) in [5, 5.41) is 13.0. The van der Waals surface area contributed by atoms with E-state index in [9.17, 15) is 24.5 Å². The van der Waals surface area contributed by atoms with Crippen molar-refractivity contribution in [1.29, 1.82) is 0 Å². The van der Waals surface area contributed by atoms with Crippen LogP contribution in [-0.4, -0.2) is 66.8 Å². The van der Waals surface area contributed by atoms with Crippen molar-refractivity contribution in [3.63, 3.8) is 0 Å². The Balaban J connectivity index is 1.18. The van der Waals surface area contributed by atoms with Gasteiger partial charge in [0.2, 0.25) is 5.91 Å². The normalized spacial score (nSPS) is 16.0. The number of imide groups is 1. The first-order valence-electron chi connectivity index (χ1n) is 13.3. The smallest absolute Gasteiger partial charge is 0.294 e. The minimum Gasteiger partial charge on any atom is -0.493 e. The number of nitro groups is 1. The summed E-state index contributed by atoms with van der Waals surface area (Å²) in [5.41, 5.74) is 2.91. The Bertz CT molecular complexity index is 1550. The molecule has 0 aliphatic carbocycles. The molecule has 0 bridgehead atoms. The summed E-state index contributed by atoms with van der Waals surface area (Å²) in [6.07, 6.45) is 1.55. The standard InChI is InChI=1S/C30H28N4O8S/c1-40-26-16-21(4-11-25(26)42-19-20-2-7-24(8-3-20)34(38)39)17-27-29(36)33(30(37)43-27)18-28(35)31-22-5-9-23(10-6-22)32-12-14-41-15-13-32/h2-11,16-17H,12-15,18-19H2,1H3,(H,31,35)/b27-17+. The highest BCUT2D eigenvalue weighted by atomic mass is 32.2. The second-order valence-electron chi connectivity index (χ2n) is 9.58. The molecule has 222 valence electrons. The lowest BCUT2D eigenvalue weighted by atomic mass is 10.1. The number of nitrogens with zero attached hydrogens (tertiary/aromatic N) is 3. The fraction of sp³-hybridized carbons (Fsp3) is 0.233. The number of amides is 3. The third kappa shape index (κ3) is 7.31. The molecule has 5 rings (SSSR count). The van der Waals surface area contributed by atoms with Gasteiger partial charge in [-0.1, -0.05) is 6.07 Å². The Morgan fingerprint density at radius 3 is 2.44 bits per heavy atom. The summed E-state index contributed by atoms with van der Waals surface area (Å²) in [6, 6.07) is 18.4. The topological polar surface area (TPSA) is 141 Å². The molecule has 2 heterocycles. The average Bonchev–Trinajstić information content (AvgIpc) is 3.28. The first-order valence-corrected chi connectivity index (χ1v) is 14.1. The third-order valence-corrected chi connectivity index (χ3v) is 7.64. The molecule has 13 heteroatoms. The number of methoxy groups -OCH3 is 1. The quantitative estimate of drug-likeness (QED) is 0.197. The van der Waals surface area contributed by atoms with Crippen LogP contribution in [0, 0.1) is 10.1 Å². The Hall–Kier alpha value is -4.88. The van der Waals surface area contributed by atoms with Crippen LogP contribution in [0.15, 0.2) is 71.6 Å². The molecule has 43 heavy (non-hydrogen) atoms. The third-order valence-electron chi connectivity index (χ3n) is 6.73. The maximum Gasteiger partial charge on any atom is 0.294 e. The van der Waals surface area contributed by atoms with E-state index in [4.69, 9.17) is 14.2 Å². The van der Waals surface area contributed by atoms with Crippen molar-refractivity contribution >= 4 is 52.0 Å². The minimum absolute atomic E-state index is 0.00914. The summed E-state index contributed by atoms with van der Waals surface area (Å²) in [5.74, 6) is -0.223. The molecule has 0 atom stereocenters. The molecule has 3 aromatic carbocycles. The highest BCUT2D eigenvalue weighted by Gasteiger charge is 2.36. The Morgan fingerprint density at radius 2 is 1.77 bits per heavy atom. The molecule has 3 aromatic rings. The van der Waals surface area contributed by atoms with E-state index < -0.39 is 28.5 Å². The van der Waals surface area contributed by atoms with Crippen LogP contribution in [0.1, 0.15) is 11.1 Å². The van der Waals surface area contributed by atoms with Gasteiger partial charge in [0.05, 0.1) is 30.2 Å². The van der Waals surface area contributed by atoms with Crippen LogP contribution in [0.3, 0.4) is 0 Å². The maximum absolute atomic E-state index is 13.0. The zero-order chi connectivity index (χ0) is 30.3. The van der Waals surface area contributed by atoms with Crippen molar-refractivity contribution in [1.82, 2.24) is 4.90 Å². The predicted octanol–water partition coefficient (Wildman–Crippen LogP) is 4.69. The number of ether oxygens (including phenoxy) is 3. The average molecular weight is 605 g/mol. The summed E-state index contributed by atoms with van der Waals surface area (Å²) in [7, 11) is 1.47. The van der Waals surface area contributed by atoms with Gasteiger partial charge in [0.25, 0.3) is 16.8 Å². The van der Waals surface area contributed by atoms with Gasteiger partial charge in [-0.15, -0.1) is 0 Å². The monoisotopic (exact) mass is 604 g/mol. The van der Waals surface area contributed by atoms with Gasteiger partial charge in [0.1, 0.15) is 13.2 Å². The highest BCUT2D eigenvalue weighted by molar-refractivity contribution is 8.18. The summed E-state index contributed by atoms with van der Waals surface area (Å²) in [4.78, 5) is 51.9. The molecule has 0 spiro atoms. The Kier molecular flexibility index (Phi) is 9.23. The number of nitro benzene ring substituents is 1. The van der Waals surface area contributed by atoms with E-state index in [1.807, 2.05) is 12.1 Å². The summed E-state index contributed by atoms with van der Waals surface area (Å²) in [6.45, 7) is 2.69. The van der Waals surface area contributed by atoms with E-state index in [0.717, 1.165) is 41.0 Å². The van der Waals surface area contributed by atoms with Crippen LogP contribution < -0.4 is 19.7 Å². The van der Waals surface area contributed by atoms with Gasteiger partial charge in [-0.05, 0) is 77.5 Å². The molecule has 0 saturated carbocycles. The molecule has 2 fully saturated rings. The van der Waals surface area contributed by atoms with E-state index in [0.29, 0.717) is 36.0 Å². The molecule has 2 saturated heterocycles. The van der Waals surface area contributed by atoms with E-state index >= 15 is 0 Å². The molecule has 12 nitrogen and oxygen atoms in total. The first-order chi connectivity index (χ1) is 20.8. The molecule has 1 N–H and O–H groups in total. The highest BCUT2D eigenvalue weighted by Crippen LogP contribution is 2.35. The second kappa shape index (κ2) is 13.4. The Labute approximate surface area is 251 Å². The number of hydrogen-bond acceptors (Lipinski definition) is 10. The number of benzene rings is 3. The number of non-ortho nitro benzene ring substituents is 1. The number of nitrogens with one attached hydrogen (secondary N) is 1. The van der Waals surface area contributed by atoms with Crippen molar-refractivity contribution < 1.29 is 33.5 Å². The van der Waals surface area contributed by atoms with Gasteiger partial charge < -0.3 is 24.4 Å². The molecular formula is C30H28N4O8S. The zero-order valence-corrected chi connectivity index (χ0v) is 24.0.